The van der Waals surface area contributed by atoms with Gasteiger partial charge in [0, 0.05) is 11.6 Å². The van der Waals surface area contributed by atoms with Crippen molar-refractivity contribution in [3.8, 4) is 5.69 Å². The Morgan fingerprint density at radius 1 is 1.37 bits per heavy atom. The normalized spacial score (nSPS) is 11.3. The molecule has 1 N–H and O–H groups in total. The minimum Gasteiger partial charge on any atom is -0.355 e. The number of hydrogen-bond donors (Lipinski definition) is 1. The third-order valence-electron chi connectivity index (χ3n) is 3.89. The quantitative estimate of drug-likeness (QED) is 0.455. The van der Waals surface area contributed by atoms with Crippen LogP contribution >= 0.6 is 34.7 Å². The molecule has 0 unspecified atom stereocenters. The van der Waals surface area contributed by atoms with E-state index in [1.165, 1.54) is 27.7 Å². The van der Waals surface area contributed by atoms with Crippen LogP contribution in [-0.4, -0.2) is 27.8 Å². The molecule has 0 saturated carbocycles. The van der Waals surface area contributed by atoms with Crippen LogP contribution in [0.15, 0.2) is 45.7 Å². The summed E-state index contributed by atoms with van der Waals surface area (Å²) in [5, 5.41) is 5.76. The molecule has 1 amide bonds. The maximum atomic E-state index is 13.0. The first-order chi connectivity index (χ1) is 13.0. The Morgan fingerprint density at radius 2 is 2.19 bits per heavy atom. The van der Waals surface area contributed by atoms with Gasteiger partial charge in [-0.2, -0.15) is 0 Å². The van der Waals surface area contributed by atoms with Crippen molar-refractivity contribution in [1.82, 2.24) is 14.9 Å². The Morgan fingerprint density at radius 3 is 2.93 bits per heavy atom. The summed E-state index contributed by atoms with van der Waals surface area (Å²) in [5.41, 5.74) is 1.13. The van der Waals surface area contributed by atoms with Gasteiger partial charge in [0.2, 0.25) is 5.91 Å². The molecule has 2 heterocycles. The van der Waals surface area contributed by atoms with Crippen LogP contribution in [0.3, 0.4) is 0 Å². The summed E-state index contributed by atoms with van der Waals surface area (Å²) in [6.45, 7) is 4.88. The van der Waals surface area contributed by atoms with Gasteiger partial charge in [0.25, 0.3) is 5.56 Å². The molecular weight excluding hydrogens is 402 g/mol. The second-order valence-electron chi connectivity index (χ2n) is 6.47. The van der Waals surface area contributed by atoms with Crippen LogP contribution in [-0.2, 0) is 4.79 Å². The number of halogens is 1. The number of rotatable bonds is 7. The molecular formula is C19H20ClN3O2S2. The number of thiophene rings is 1. The van der Waals surface area contributed by atoms with Crippen molar-refractivity contribution < 1.29 is 4.79 Å². The lowest BCUT2D eigenvalue weighted by Crippen LogP contribution is -2.27. The highest BCUT2D eigenvalue weighted by Gasteiger charge is 2.16. The third-order valence-corrected chi connectivity index (χ3v) is 5.96. The van der Waals surface area contributed by atoms with Crippen LogP contribution < -0.4 is 10.9 Å². The van der Waals surface area contributed by atoms with E-state index in [9.17, 15) is 9.59 Å². The van der Waals surface area contributed by atoms with E-state index in [1.807, 2.05) is 11.4 Å². The van der Waals surface area contributed by atoms with Crippen LogP contribution in [0.5, 0.6) is 0 Å². The van der Waals surface area contributed by atoms with Crippen molar-refractivity contribution in [2.45, 2.75) is 25.4 Å². The molecule has 142 valence electrons. The maximum Gasteiger partial charge on any atom is 0.276 e. The van der Waals surface area contributed by atoms with Gasteiger partial charge in [0.1, 0.15) is 4.70 Å². The first-order valence-corrected chi connectivity index (χ1v) is 10.9. The Balaban J connectivity index is 1.89. The largest absolute Gasteiger partial charge is 0.355 e. The van der Waals surface area contributed by atoms with Gasteiger partial charge in [-0.25, -0.2) is 4.98 Å². The standard InChI is InChI=1S/C19H20ClN3O2S2/c1-12(2)6-8-21-16(24)11-27-19-22-15-7-9-26-17(15)18(25)23(19)14-5-3-4-13(20)10-14/h3-5,7,9-10,12H,6,8,11H2,1-2H3,(H,21,24). The topological polar surface area (TPSA) is 64.0 Å². The fourth-order valence-corrected chi connectivity index (χ4v) is 4.30. The van der Waals surface area contributed by atoms with Crippen LogP contribution in [0.2, 0.25) is 5.02 Å². The predicted molar refractivity (Wildman–Crippen MR) is 113 cm³/mol. The molecule has 2 aromatic heterocycles. The van der Waals surface area contributed by atoms with Gasteiger partial charge in [-0.3, -0.25) is 14.2 Å². The van der Waals surface area contributed by atoms with E-state index in [-0.39, 0.29) is 17.2 Å². The summed E-state index contributed by atoms with van der Waals surface area (Å²) in [6, 6.07) is 8.88. The Labute approximate surface area is 170 Å². The predicted octanol–water partition coefficient (Wildman–Crippen LogP) is 4.36. The number of aromatic nitrogens is 2. The number of benzene rings is 1. The summed E-state index contributed by atoms with van der Waals surface area (Å²) in [4.78, 5) is 29.7. The van der Waals surface area contributed by atoms with Gasteiger partial charge >= 0.3 is 0 Å². The molecule has 5 nitrogen and oxygen atoms in total. The maximum absolute atomic E-state index is 13.0. The Hall–Kier alpha value is -1.83. The van der Waals surface area contributed by atoms with Crippen LogP contribution in [0, 0.1) is 5.92 Å². The Kier molecular flexibility index (Phi) is 6.57. The van der Waals surface area contributed by atoms with Crippen LogP contribution in [0.1, 0.15) is 20.3 Å². The molecule has 0 atom stereocenters. The number of nitrogens with one attached hydrogen (secondary N) is 1. The minimum absolute atomic E-state index is 0.0713. The second kappa shape index (κ2) is 8.91. The number of thioether (sulfide) groups is 1. The molecule has 3 aromatic rings. The molecule has 3 rings (SSSR count). The lowest BCUT2D eigenvalue weighted by molar-refractivity contribution is -0.118. The highest BCUT2D eigenvalue weighted by molar-refractivity contribution is 7.99. The smallest absolute Gasteiger partial charge is 0.276 e. The van der Waals surface area contributed by atoms with Gasteiger partial charge in [-0.15, -0.1) is 11.3 Å². The third kappa shape index (κ3) is 4.91. The number of fused-ring (bicyclic) bond motifs is 1. The molecule has 0 saturated heterocycles. The summed E-state index contributed by atoms with van der Waals surface area (Å²) in [5.74, 6) is 0.660. The Bertz CT molecular complexity index is 1010. The summed E-state index contributed by atoms with van der Waals surface area (Å²) in [7, 11) is 0. The molecule has 0 aliphatic rings. The van der Waals surface area contributed by atoms with Gasteiger partial charge in [0.15, 0.2) is 5.16 Å². The lowest BCUT2D eigenvalue weighted by Gasteiger charge is -2.12. The molecule has 0 aliphatic heterocycles. The number of amides is 1. The SMILES string of the molecule is CC(C)CCNC(=O)CSc1nc2ccsc2c(=O)n1-c1cccc(Cl)c1. The van der Waals surface area contributed by atoms with Gasteiger partial charge < -0.3 is 5.32 Å². The van der Waals surface area contributed by atoms with E-state index >= 15 is 0 Å². The van der Waals surface area contributed by atoms with E-state index in [4.69, 9.17) is 11.6 Å². The van der Waals surface area contributed by atoms with Crippen molar-refractivity contribution >= 4 is 50.8 Å². The zero-order valence-electron chi connectivity index (χ0n) is 15.1. The number of nitrogens with zero attached hydrogens (tertiary/aromatic N) is 2. The van der Waals surface area contributed by atoms with Crippen molar-refractivity contribution in [3.63, 3.8) is 0 Å². The molecule has 0 radical (unpaired) electrons. The number of hydrogen-bond acceptors (Lipinski definition) is 5. The van der Waals surface area contributed by atoms with Gasteiger partial charge in [0.05, 0.1) is 17.0 Å². The average molecular weight is 422 g/mol. The first kappa shape index (κ1) is 19.9. The van der Waals surface area contributed by atoms with Crippen LogP contribution in [0.25, 0.3) is 15.9 Å². The van der Waals surface area contributed by atoms with E-state index in [1.54, 1.807) is 24.3 Å². The van der Waals surface area contributed by atoms with Gasteiger partial charge in [-0.05, 0) is 42.0 Å². The molecule has 0 aliphatic carbocycles. The molecule has 0 spiro atoms. The molecule has 1 aromatic carbocycles. The van der Waals surface area contributed by atoms with Crippen molar-refractivity contribution in [3.05, 3.63) is 51.1 Å². The summed E-state index contributed by atoms with van der Waals surface area (Å²) in [6.07, 6.45) is 0.933. The highest BCUT2D eigenvalue weighted by atomic mass is 35.5. The van der Waals surface area contributed by atoms with E-state index < -0.39 is 0 Å². The molecule has 0 bridgehead atoms. The van der Waals surface area contributed by atoms with E-state index in [0.29, 0.717) is 38.5 Å². The molecule has 8 heteroatoms. The lowest BCUT2D eigenvalue weighted by atomic mass is 10.1. The average Bonchev–Trinajstić information content (AvgIpc) is 3.08. The fraction of sp³-hybridized carbons (Fsp3) is 0.316. The number of carbonyl (C=O) groups excluding carboxylic acids is 1. The number of carbonyl (C=O) groups is 1. The fourth-order valence-electron chi connectivity index (χ4n) is 2.51. The molecule has 27 heavy (non-hydrogen) atoms. The second-order valence-corrected chi connectivity index (χ2v) is 8.77. The monoisotopic (exact) mass is 421 g/mol. The molecule has 0 fully saturated rings. The van der Waals surface area contributed by atoms with Crippen molar-refractivity contribution in [2.24, 2.45) is 5.92 Å². The van der Waals surface area contributed by atoms with Gasteiger partial charge in [-0.1, -0.05) is 43.3 Å². The first-order valence-electron chi connectivity index (χ1n) is 8.61. The van der Waals surface area contributed by atoms with Crippen LogP contribution in [0.4, 0.5) is 0 Å². The van der Waals surface area contributed by atoms with Crippen molar-refractivity contribution in [1.29, 1.82) is 0 Å². The zero-order valence-corrected chi connectivity index (χ0v) is 17.5. The highest BCUT2D eigenvalue weighted by Crippen LogP contribution is 2.24. The zero-order chi connectivity index (χ0) is 19.4. The summed E-state index contributed by atoms with van der Waals surface area (Å²) >= 11 is 8.71. The van der Waals surface area contributed by atoms with Crippen molar-refractivity contribution in [2.75, 3.05) is 12.3 Å². The van der Waals surface area contributed by atoms with E-state index in [0.717, 1.165) is 6.42 Å². The van der Waals surface area contributed by atoms with E-state index in [2.05, 4.69) is 24.1 Å². The summed E-state index contributed by atoms with van der Waals surface area (Å²) < 4.78 is 2.11. The minimum atomic E-state index is -0.153.